The quantitative estimate of drug-likeness (QED) is 0.0746. The number of methoxy groups -OCH3 is 1. The Labute approximate surface area is 275 Å². The smallest absolute Gasteiger partial charge is 0.328 e. The van der Waals surface area contributed by atoms with E-state index < -0.39 is 12.0 Å². The summed E-state index contributed by atoms with van der Waals surface area (Å²) in [6, 6.07) is 41.0. The van der Waals surface area contributed by atoms with Gasteiger partial charge in [0.1, 0.15) is 11.8 Å². The first-order valence-electron chi connectivity index (χ1n) is 15.7. The largest absolute Gasteiger partial charge is 0.494 e. The van der Waals surface area contributed by atoms with Gasteiger partial charge in [0.15, 0.2) is 5.78 Å². The predicted octanol–water partition coefficient (Wildman–Crippen LogP) is 6.91. The van der Waals surface area contributed by atoms with Crippen LogP contribution in [-0.4, -0.2) is 44.0 Å². The van der Waals surface area contributed by atoms with E-state index in [1.807, 2.05) is 103 Å². The molecule has 238 valence electrons. The summed E-state index contributed by atoms with van der Waals surface area (Å²) in [6.07, 6.45) is 1.31. The third-order valence-corrected chi connectivity index (χ3v) is 7.75. The van der Waals surface area contributed by atoms with Crippen LogP contribution in [0.25, 0.3) is 11.1 Å². The van der Waals surface area contributed by atoms with Crippen molar-refractivity contribution in [3.8, 4) is 16.9 Å². The highest BCUT2D eigenvalue weighted by Crippen LogP contribution is 2.24. The van der Waals surface area contributed by atoms with Crippen LogP contribution in [0, 0.1) is 0 Å². The minimum Gasteiger partial charge on any atom is -0.494 e. The van der Waals surface area contributed by atoms with Crippen molar-refractivity contribution in [1.82, 2.24) is 5.32 Å². The van der Waals surface area contributed by atoms with Crippen LogP contribution >= 0.6 is 0 Å². The highest BCUT2D eigenvalue weighted by Gasteiger charge is 2.22. The molecule has 0 saturated carbocycles. The molecule has 0 aliphatic rings. The number of hydrogen-bond donors (Lipinski definition) is 2. The van der Waals surface area contributed by atoms with E-state index in [0.29, 0.717) is 55.0 Å². The molecule has 0 spiro atoms. The molecule has 5 rings (SSSR count). The van der Waals surface area contributed by atoms with Crippen LogP contribution in [0.3, 0.4) is 0 Å². The maximum Gasteiger partial charge on any atom is 0.328 e. The van der Waals surface area contributed by atoms with Crippen LogP contribution in [0.5, 0.6) is 5.75 Å². The highest BCUT2D eigenvalue weighted by molar-refractivity contribution is 6.12. The molecule has 7 nitrogen and oxygen atoms in total. The van der Waals surface area contributed by atoms with Gasteiger partial charge in [0.05, 0.1) is 20.1 Å². The van der Waals surface area contributed by atoms with Crippen LogP contribution in [0.1, 0.15) is 33.5 Å². The monoisotopic (exact) mass is 626 g/mol. The molecule has 5 aromatic rings. The first-order chi connectivity index (χ1) is 23.0. The summed E-state index contributed by atoms with van der Waals surface area (Å²) < 4.78 is 11.0. The molecule has 2 N–H and O–H groups in total. The van der Waals surface area contributed by atoms with Gasteiger partial charge in [-0.2, -0.15) is 0 Å². The van der Waals surface area contributed by atoms with Crippen LogP contribution in [-0.2, 0) is 27.2 Å². The van der Waals surface area contributed by atoms with Crippen LogP contribution in [0.15, 0.2) is 133 Å². The third kappa shape index (κ3) is 9.17. The van der Waals surface area contributed by atoms with Gasteiger partial charge >= 0.3 is 5.97 Å². The number of ketones is 1. The van der Waals surface area contributed by atoms with Gasteiger partial charge < -0.3 is 20.1 Å². The molecular weight excluding hydrogens is 588 g/mol. The Bertz CT molecular complexity index is 1770. The summed E-state index contributed by atoms with van der Waals surface area (Å²) >= 11 is 0. The number of para-hydroxylation sites is 1. The van der Waals surface area contributed by atoms with Crippen molar-refractivity contribution in [2.45, 2.75) is 25.3 Å². The number of benzene rings is 5. The number of anilines is 1. The van der Waals surface area contributed by atoms with Crippen molar-refractivity contribution >= 4 is 23.3 Å². The number of nitrogens with one attached hydrogen (secondary N) is 2. The molecule has 0 aliphatic heterocycles. The van der Waals surface area contributed by atoms with Gasteiger partial charge in [0.2, 0.25) is 5.91 Å². The zero-order chi connectivity index (χ0) is 32.8. The molecule has 0 radical (unpaired) electrons. The Morgan fingerprint density at radius 3 is 2.13 bits per heavy atom. The molecule has 1 unspecified atom stereocenters. The topological polar surface area (TPSA) is 93.7 Å². The van der Waals surface area contributed by atoms with E-state index in [-0.39, 0.29) is 11.7 Å². The number of hydrogen-bond acceptors (Lipinski definition) is 6. The molecule has 0 saturated heterocycles. The van der Waals surface area contributed by atoms with Crippen molar-refractivity contribution in [3.05, 3.63) is 156 Å². The lowest BCUT2D eigenvalue weighted by Gasteiger charge is -2.20. The van der Waals surface area contributed by atoms with E-state index >= 15 is 0 Å². The Balaban J connectivity index is 1.10. The molecule has 0 aliphatic carbocycles. The molecule has 5 aromatic carbocycles. The van der Waals surface area contributed by atoms with E-state index in [2.05, 4.69) is 10.6 Å². The fraction of sp³-hybridized carbons (Fsp3) is 0.175. The lowest BCUT2D eigenvalue weighted by Crippen LogP contribution is -2.33. The number of ether oxygens (including phenoxy) is 2. The van der Waals surface area contributed by atoms with Crippen molar-refractivity contribution in [1.29, 1.82) is 0 Å². The second-order valence-corrected chi connectivity index (χ2v) is 11.1. The van der Waals surface area contributed by atoms with Crippen LogP contribution in [0.2, 0.25) is 0 Å². The number of rotatable bonds is 15. The van der Waals surface area contributed by atoms with Crippen molar-refractivity contribution in [2.75, 3.05) is 25.6 Å². The first kappa shape index (κ1) is 32.7. The molecule has 0 aromatic heterocycles. The Morgan fingerprint density at radius 2 is 1.38 bits per heavy atom. The molecule has 7 heteroatoms. The normalized spacial score (nSPS) is 11.3. The van der Waals surface area contributed by atoms with Gasteiger partial charge in [0.25, 0.3) is 0 Å². The van der Waals surface area contributed by atoms with Crippen molar-refractivity contribution in [3.63, 3.8) is 0 Å². The van der Waals surface area contributed by atoms with Crippen molar-refractivity contribution in [2.24, 2.45) is 0 Å². The summed E-state index contributed by atoms with van der Waals surface area (Å²) in [5.41, 5.74) is 5.64. The minimum absolute atomic E-state index is 0.0291. The first-order valence-corrected chi connectivity index (χ1v) is 15.7. The van der Waals surface area contributed by atoms with E-state index in [4.69, 9.17) is 9.47 Å². The van der Waals surface area contributed by atoms with Crippen molar-refractivity contribution < 1.29 is 23.9 Å². The number of carbonyl (C=O) groups is 3. The van der Waals surface area contributed by atoms with E-state index in [9.17, 15) is 14.4 Å². The standard InChI is InChI=1S/C40H38N2O5/c1-46-40(45)37(42-36-20-11-10-19-35(36)39(44)31-15-6-3-7-16-31)27-29-21-23-33(24-22-29)47-26-12-25-41-38(43)28-32-17-8-9-18-34(32)30-13-4-2-5-14-30/h2-11,13-24,37,42H,12,25-28H2,1H3,(H,41,43). The lowest BCUT2D eigenvalue weighted by molar-refractivity contribution is -0.141. The van der Waals surface area contributed by atoms with Crippen LogP contribution < -0.4 is 15.4 Å². The number of amides is 1. The molecular formula is C40H38N2O5. The minimum atomic E-state index is -0.709. The zero-order valence-corrected chi connectivity index (χ0v) is 26.4. The predicted molar refractivity (Wildman–Crippen MR) is 185 cm³/mol. The maximum absolute atomic E-state index is 13.2. The summed E-state index contributed by atoms with van der Waals surface area (Å²) in [5.74, 6) is 0.0986. The second-order valence-electron chi connectivity index (χ2n) is 11.1. The van der Waals surface area contributed by atoms with Gasteiger partial charge in [-0.15, -0.1) is 0 Å². The average Bonchev–Trinajstić information content (AvgIpc) is 3.12. The van der Waals surface area contributed by atoms with Crippen LogP contribution in [0.4, 0.5) is 5.69 Å². The summed E-state index contributed by atoms with van der Waals surface area (Å²) in [7, 11) is 1.35. The molecule has 47 heavy (non-hydrogen) atoms. The fourth-order valence-electron chi connectivity index (χ4n) is 5.33. The average molecular weight is 627 g/mol. The fourth-order valence-corrected chi connectivity index (χ4v) is 5.33. The Morgan fingerprint density at radius 1 is 0.723 bits per heavy atom. The summed E-state index contributed by atoms with van der Waals surface area (Å²) in [5, 5.41) is 6.23. The van der Waals surface area contributed by atoms with E-state index in [1.54, 1.807) is 30.3 Å². The van der Waals surface area contributed by atoms with Gasteiger partial charge in [0, 0.05) is 29.8 Å². The summed E-state index contributed by atoms with van der Waals surface area (Å²) in [6.45, 7) is 0.948. The Kier molecular flexibility index (Phi) is 11.5. The van der Waals surface area contributed by atoms with E-state index in [0.717, 1.165) is 22.3 Å². The summed E-state index contributed by atoms with van der Waals surface area (Å²) in [4.78, 5) is 38.6. The SMILES string of the molecule is COC(=O)C(Cc1ccc(OCCCNC(=O)Cc2ccccc2-c2ccccc2)cc1)Nc1ccccc1C(=O)c1ccccc1. The molecule has 0 fully saturated rings. The maximum atomic E-state index is 13.2. The highest BCUT2D eigenvalue weighted by atomic mass is 16.5. The second kappa shape index (κ2) is 16.6. The van der Waals surface area contributed by atoms with Gasteiger partial charge in [-0.05, 0) is 52.9 Å². The number of esters is 1. The zero-order valence-electron chi connectivity index (χ0n) is 26.4. The van der Waals surface area contributed by atoms with Gasteiger partial charge in [-0.25, -0.2) is 4.79 Å². The third-order valence-electron chi connectivity index (χ3n) is 7.75. The van der Waals surface area contributed by atoms with Gasteiger partial charge in [-0.1, -0.05) is 109 Å². The van der Waals surface area contributed by atoms with E-state index in [1.165, 1.54) is 7.11 Å². The Hall–Kier alpha value is -5.69. The lowest BCUT2D eigenvalue weighted by atomic mass is 9.97. The molecule has 1 atom stereocenters. The molecule has 0 bridgehead atoms. The van der Waals surface area contributed by atoms with Gasteiger partial charge in [-0.3, -0.25) is 9.59 Å². The molecule has 0 heterocycles. The number of carbonyl (C=O) groups excluding carboxylic acids is 3. The molecule has 1 amide bonds.